The molecule has 1 aliphatic rings. The van der Waals surface area contributed by atoms with Crippen molar-refractivity contribution in [2.45, 2.75) is 51.3 Å². The third-order valence-electron chi connectivity index (χ3n) is 3.02. The molecule has 0 saturated carbocycles. The van der Waals surface area contributed by atoms with Gasteiger partial charge in [-0.25, -0.2) is 4.79 Å². The van der Waals surface area contributed by atoms with Crippen molar-refractivity contribution >= 4 is 5.97 Å². The summed E-state index contributed by atoms with van der Waals surface area (Å²) < 4.78 is 5.22. The highest BCUT2D eigenvalue weighted by atomic mass is 16.6. The van der Waals surface area contributed by atoms with E-state index in [9.17, 15) is 10.0 Å². The van der Waals surface area contributed by atoms with Gasteiger partial charge < -0.3 is 9.94 Å². The summed E-state index contributed by atoms with van der Waals surface area (Å²) in [7, 11) is 0. The van der Waals surface area contributed by atoms with E-state index >= 15 is 0 Å². The predicted molar refractivity (Wildman–Crippen MR) is 56.5 cm³/mol. The minimum Gasteiger partial charge on any atom is -0.457 e. The van der Waals surface area contributed by atoms with Crippen molar-refractivity contribution in [3.63, 3.8) is 0 Å². The molecule has 15 heavy (non-hydrogen) atoms. The summed E-state index contributed by atoms with van der Waals surface area (Å²) >= 11 is 0. The number of nitrogens with zero attached hydrogens (tertiary/aromatic N) is 1. The van der Waals surface area contributed by atoms with E-state index in [1.807, 2.05) is 27.7 Å². The molecule has 0 bridgehead atoms. The fraction of sp³-hybridized carbons (Fsp3) is 0.727. The number of carbonyl (C=O) groups excluding carboxylic acids is 1. The van der Waals surface area contributed by atoms with Crippen LogP contribution in [0.2, 0.25) is 0 Å². The number of hydroxylamine groups is 2. The van der Waals surface area contributed by atoms with Crippen LogP contribution in [-0.4, -0.2) is 33.4 Å². The molecule has 0 aromatic carbocycles. The Bertz CT molecular complexity index is 284. The zero-order chi connectivity index (χ0) is 11.9. The number of carbonyl (C=O) groups is 1. The van der Waals surface area contributed by atoms with Crippen LogP contribution in [0.3, 0.4) is 0 Å². The van der Waals surface area contributed by atoms with E-state index in [4.69, 9.17) is 4.74 Å². The Morgan fingerprint density at radius 2 is 2.07 bits per heavy atom. The van der Waals surface area contributed by atoms with E-state index in [1.165, 1.54) is 5.06 Å². The predicted octanol–water partition coefficient (Wildman–Crippen LogP) is 1.74. The molecule has 4 heteroatoms. The molecule has 86 valence electrons. The average molecular weight is 213 g/mol. The highest BCUT2D eigenvalue weighted by Gasteiger charge is 2.53. The van der Waals surface area contributed by atoms with Crippen molar-refractivity contribution in [2.24, 2.45) is 0 Å². The molecule has 1 unspecified atom stereocenters. The maximum absolute atomic E-state index is 11.1. The highest BCUT2D eigenvalue weighted by molar-refractivity contribution is 5.81. The van der Waals surface area contributed by atoms with Crippen molar-refractivity contribution in [1.29, 1.82) is 0 Å². The Morgan fingerprint density at radius 3 is 2.40 bits per heavy atom. The fourth-order valence-electron chi connectivity index (χ4n) is 2.08. The lowest BCUT2D eigenvalue weighted by atomic mass is 9.97. The van der Waals surface area contributed by atoms with Gasteiger partial charge in [0.05, 0.1) is 5.54 Å². The normalized spacial score (nSPS) is 28.7. The Balaban J connectivity index is 2.84. The molecular weight excluding hydrogens is 194 g/mol. The SMILES string of the molecule is C=CC(=O)OC1CC(C)(C)N(O)C1(C)C. The van der Waals surface area contributed by atoms with Crippen LogP contribution in [0.1, 0.15) is 34.1 Å². The number of hydrogen-bond acceptors (Lipinski definition) is 4. The number of ether oxygens (including phenoxy) is 1. The molecule has 0 aliphatic carbocycles. The van der Waals surface area contributed by atoms with Gasteiger partial charge in [0, 0.05) is 18.0 Å². The average Bonchev–Trinajstić information content (AvgIpc) is 2.27. The van der Waals surface area contributed by atoms with Gasteiger partial charge >= 0.3 is 5.97 Å². The molecule has 0 radical (unpaired) electrons. The quantitative estimate of drug-likeness (QED) is 0.560. The van der Waals surface area contributed by atoms with Crippen molar-refractivity contribution in [3.8, 4) is 0 Å². The summed E-state index contributed by atoms with van der Waals surface area (Å²) in [5.74, 6) is -0.445. The summed E-state index contributed by atoms with van der Waals surface area (Å²) in [6.07, 6.45) is 1.43. The molecule has 1 atom stereocenters. The summed E-state index contributed by atoms with van der Waals surface area (Å²) in [6, 6.07) is 0. The monoisotopic (exact) mass is 213 g/mol. The molecule has 0 spiro atoms. The largest absolute Gasteiger partial charge is 0.457 e. The Morgan fingerprint density at radius 1 is 1.53 bits per heavy atom. The van der Waals surface area contributed by atoms with Crippen LogP contribution >= 0.6 is 0 Å². The van der Waals surface area contributed by atoms with Gasteiger partial charge in [-0.15, -0.1) is 0 Å². The van der Waals surface area contributed by atoms with E-state index in [2.05, 4.69) is 6.58 Å². The lowest BCUT2D eigenvalue weighted by Crippen LogP contribution is -2.49. The van der Waals surface area contributed by atoms with Gasteiger partial charge in [-0.3, -0.25) is 0 Å². The molecule has 0 amide bonds. The van der Waals surface area contributed by atoms with Crippen LogP contribution in [0.15, 0.2) is 12.7 Å². The van der Waals surface area contributed by atoms with Crippen molar-refractivity contribution in [1.82, 2.24) is 5.06 Å². The van der Waals surface area contributed by atoms with Crippen molar-refractivity contribution < 1.29 is 14.7 Å². The first-order chi connectivity index (χ1) is 6.71. The van der Waals surface area contributed by atoms with Crippen LogP contribution in [0, 0.1) is 0 Å². The number of esters is 1. The first kappa shape index (κ1) is 12.2. The van der Waals surface area contributed by atoms with Crippen LogP contribution in [-0.2, 0) is 9.53 Å². The smallest absolute Gasteiger partial charge is 0.330 e. The maximum Gasteiger partial charge on any atom is 0.330 e. The van der Waals surface area contributed by atoms with Crippen molar-refractivity contribution in [3.05, 3.63) is 12.7 Å². The van der Waals surface area contributed by atoms with Gasteiger partial charge in [0.2, 0.25) is 0 Å². The third kappa shape index (κ3) is 2.06. The minimum absolute atomic E-state index is 0.317. The van der Waals surface area contributed by atoms with Gasteiger partial charge in [0.25, 0.3) is 0 Å². The van der Waals surface area contributed by atoms with E-state index in [1.54, 1.807) is 0 Å². The molecule has 0 aromatic rings. The standard InChI is InChI=1S/C11H19NO3/c1-6-9(13)15-8-7-10(2,3)12(14)11(8,4)5/h6,8,14H,1,7H2,2-5H3. The first-order valence-corrected chi connectivity index (χ1v) is 5.04. The summed E-state index contributed by atoms with van der Waals surface area (Å²) in [4.78, 5) is 11.1. The molecule has 0 aromatic heterocycles. The summed E-state index contributed by atoms with van der Waals surface area (Å²) in [5.41, 5.74) is -0.947. The van der Waals surface area contributed by atoms with Gasteiger partial charge in [0.15, 0.2) is 0 Å². The molecular formula is C11H19NO3. The van der Waals surface area contributed by atoms with Crippen LogP contribution in [0.25, 0.3) is 0 Å². The number of rotatable bonds is 2. The summed E-state index contributed by atoms with van der Waals surface area (Å²) in [5, 5.41) is 11.2. The van der Waals surface area contributed by atoms with Gasteiger partial charge in [-0.1, -0.05) is 6.58 Å². The molecule has 1 N–H and O–H groups in total. The van der Waals surface area contributed by atoms with E-state index in [-0.39, 0.29) is 11.6 Å². The zero-order valence-electron chi connectivity index (χ0n) is 9.78. The Labute approximate surface area is 90.5 Å². The van der Waals surface area contributed by atoms with E-state index < -0.39 is 11.5 Å². The van der Waals surface area contributed by atoms with Gasteiger partial charge in [0.1, 0.15) is 6.10 Å². The summed E-state index contributed by atoms with van der Waals surface area (Å²) in [6.45, 7) is 10.9. The second-order valence-electron chi connectivity index (χ2n) is 5.11. The lowest BCUT2D eigenvalue weighted by molar-refractivity contribution is -0.204. The Kier molecular flexibility index (Phi) is 2.94. The molecule has 1 saturated heterocycles. The second kappa shape index (κ2) is 3.61. The van der Waals surface area contributed by atoms with Gasteiger partial charge in [-0.2, -0.15) is 5.06 Å². The zero-order valence-corrected chi connectivity index (χ0v) is 9.78. The van der Waals surface area contributed by atoms with E-state index in [0.29, 0.717) is 6.42 Å². The van der Waals surface area contributed by atoms with Crippen LogP contribution in [0.4, 0.5) is 0 Å². The molecule has 1 aliphatic heterocycles. The van der Waals surface area contributed by atoms with E-state index in [0.717, 1.165) is 6.08 Å². The minimum atomic E-state index is -0.567. The maximum atomic E-state index is 11.1. The lowest BCUT2D eigenvalue weighted by Gasteiger charge is -2.35. The third-order valence-corrected chi connectivity index (χ3v) is 3.02. The number of hydrogen-bond donors (Lipinski definition) is 1. The molecule has 4 nitrogen and oxygen atoms in total. The molecule has 1 fully saturated rings. The first-order valence-electron chi connectivity index (χ1n) is 5.04. The van der Waals surface area contributed by atoms with Gasteiger partial charge in [-0.05, 0) is 27.7 Å². The fourth-order valence-corrected chi connectivity index (χ4v) is 2.08. The van der Waals surface area contributed by atoms with Crippen LogP contribution in [0.5, 0.6) is 0 Å². The highest BCUT2D eigenvalue weighted by Crippen LogP contribution is 2.40. The molecule has 1 heterocycles. The molecule has 1 rings (SSSR count). The Hall–Kier alpha value is -0.870. The van der Waals surface area contributed by atoms with Crippen molar-refractivity contribution in [2.75, 3.05) is 0 Å². The second-order valence-corrected chi connectivity index (χ2v) is 5.11. The van der Waals surface area contributed by atoms with Crippen LogP contribution < -0.4 is 0 Å². The topological polar surface area (TPSA) is 49.8 Å².